The lowest BCUT2D eigenvalue weighted by Gasteiger charge is -2.34. The molecular weight excluding hydrogens is 390 g/mol. The number of rotatable bonds is 6. The predicted octanol–water partition coefficient (Wildman–Crippen LogP) is 4.45. The number of carbonyl (C=O) groups excluding carboxylic acids is 2. The largest absolute Gasteiger partial charge is 0.496 e. The second kappa shape index (κ2) is 9.21. The van der Waals surface area contributed by atoms with Crippen LogP contribution in [0.15, 0.2) is 77.1 Å². The fourth-order valence-electron chi connectivity index (χ4n) is 4.45. The molecule has 0 spiro atoms. The second-order valence-corrected chi connectivity index (χ2v) is 7.88. The molecule has 0 unspecified atom stereocenters. The molecule has 1 aliphatic heterocycles. The van der Waals surface area contributed by atoms with Crippen LogP contribution in [0.5, 0.6) is 5.75 Å². The second-order valence-electron chi connectivity index (χ2n) is 7.88. The highest BCUT2D eigenvalue weighted by Crippen LogP contribution is 2.45. The Bertz CT molecular complexity index is 1050. The molecule has 5 heteroatoms. The Labute approximate surface area is 182 Å². The van der Waals surface area contributed by atoms with Gasteiger partial charge in [-0.2, -0.15) is 0 Å². The van der Waals surface area contributed by atoms with Crippen LogP contribution >= 0.6 is 0 Å². The molecule has 0 radical (unpaired) electrons. The summed E-state index contributed by atoms with van der Waals surface area (Å²) in [6, 6.07) is 17.5. The average Bonchev–Trinajstić information content (AvgIpc) is 2.79. The number of methoxy groups -OCH3 is 1. The topological polar surface area (TPSA) is 64.6 Å². The molecule has 2 aromatic rings. The van der Waals surface area contributed by atoms with Gasteiger partial charge in [-0.3, -0.25) is 4.79 Å². The van der Waals surface area contributed by atoms with E-state index in [1.54, 1.807) is 7.11 Å². The Hall–Kier alpha value is -3.34. The molecule has 31 heavy (non-hydrogen) atoms. The van der Waals surface area contributed by atoms with Gasteiger partial charge < -0.3 is 14.8 Å². The van der Waals surface area contributed by atoms with Crippen molar-refractivity contribution in [3.8, 4) is 5.75 Å². The fraction of sp³-hybridized carbons (Fsp3) is 0.308. The highest BCUT2D eigenvalue weighted by molar-refractivity contribution is 6.04. The van der Waals surface area contributed by atoms with Crippen molar-refractivity contribution in [2.45, 2.75) is 38.5 Å². The molecule has 0 amide bonds. The van der Waals surface area contributed by atoms with E-state index in [1.807, 2.05) is 61.5 Å². The lowest BCUT2D eigenvalue weighted by Crippen LogP contribution is -2.34. The van der Waals surface area contributed by atoms with Gasteiger partial charge in [0.1, 0.15) is 5.75 Å². The lowest BCUT2D eigenvalue weighted by molar-refractivity contribution is -0.139. The van der Waals surface area contributed by atoms with Gasteiger partial charge in [-0.1, -0.05) is 48.5 Å². The van der Waals surface area contributed by atoms with E-state index in [0.29, 0.717) is 29.7 Å². The number of nitrogens with one attached hydrogen (secondary N) is 1. The average molecular weight is 418 g/mol. The van der Waals surface area contributed by atoms with E-state index >= 15 is 0 Å². The molecule has 2 aromatic carbocycles. The van der Waals surface area contributed by atoms with Crippen LogP contribution in [0.1, 0.15) is 43.2 Å². The van der Waals surface area contributed by atoms with Crippen LogP contribution in [0.25, 0.3) is 0 Å². The van der Waals surface area contributed by atoms with E-state index in [9.17, 15) is 9.59 Å². The van der Waals surface area contributed by atoms with E-state index in [4.69, 9.17) is 9.47 Å². The van der Waals surface area contributed by atoms with Gasteiger partial charge in [0.25, 0.3) is 0 Å². The minimum Gasteiger partial charge on any atom is -0.496 e. The maximum Gasteiger partial charge on any atom is 0.336 e. The zero-order valence-electron chi connectivity index (χ0n) is 17.9. The zero-order valence-corrected chi connectivity index (χ0v) is 17.9. The monoisotopic (exact) mass is 417 g/mol. The Kier molecular flexibility index (Phi) is 6.21. The summed E-state index contributed by atoms with van der Waals surface area (Å²) >= 11 is 0. The maximum absolute atomic E-state index is 13.3. The number of esters is 1. The van der Waals surface area contributed by atoms with E-state index in [-0.39, 0.29) is 12.4 Å². The standard InChI is InChI=1S/C26H27NO4/c1-17-23(26(29)31-16-15-18-9-4-3-5-10-18)24(19-11-6-7-14-22(19)30-2)25-20(27-17)12-8-13-21(25)28/h3-7,9-11,14,24,27H,8,12-13,15-16H2,1-2H3/t24-/m0/s1. The van der Waals surface area contributed by atoms with E-state index in [2.05, 4.69) is 5.32 Å². The Morgan fingerprint density at radius 3 is 2.58 bits per heavy atom. The Morgan fingerprint density at radius 2 is 1.81 bits per heavy atom. The third-order valence-corrected chi connectivity index (χ3v) is 5.91. The van der Waals surface area contributed by atoms with E-state index < -0.39 is 11.9 Å². The number of hydrogen-bond acceptors (Lipinski definition) is 5. The van der Waals surface area contributed by atoms with Crippen molar-refractivity contribution in [3.05, 3.63) is 88.3 Å². The summed E-state index contributed by atoms with van der Waals surface area (Å²) in [6.45, 7) is 2.15. The molecule has 5 nitrogen and oxygen atoms in total. The van der Waals surface area contributed by atoms with Crippen LogP contribution in [-0.4, -0.2) is 25.5 Å². The van der Waals surface area contributed by atoms with Crippen LogP contribution in [0, 0.1) is 0 Å². The first kappa shape index (κ1) is 20.9. The molecule has 0 bridgehead atoms. The number of ether oxygens (including phenoxy) is 2. The summed E-state index contributed by atoms with van der Waals surface area (Å²) in [5.41, 5.74) is 4.70. The summed E-state index contributed by atoms with van der Waals surface area (Å²) in [4.78, 5) is 26.2. The van der Waals surface area contributed by atoms with Gasteiger partial charge in [0, 0.05) is 35.4 Å². The zero-order chi connectivity index (χ0) is 21.8. The van der Waals surface area contributed by atoms with Crippen LogP contribution in [0.2, 0.25) is 0 Å². The van der Waals surface area contributed by atoms with Crippen molar-refractivity contribution in [1.82, 2.24) is 5.32 Å². The van der Waals surface area contributed by atoms with Crippen molar-refractivity contribution >= 4 is 11.8 Å². The van der Waals surface area contributed by atoms with Crippen molar-refractivity contribution in [2.24, 2.45) is 0 Å². The first-order chi connectivity index (χ1) is 15.1. The van der Waals surface area contributed by atoms with Gasteiger partial charge in [0.05, 0.1) is 25.2 Å². The number of benzene rings is 2. The van der Waals surface area contributed by atoms with Crippen LogP contribution in [-0.2, 0) is 20.7 Å². The highest BCUT2D eigenvalue weighted by Gasteiger charge is 2.40. The van der Waals surface area contributed by atoms with Crippen LogP contribution < -0.4 is 10.1 Å². The molecule has 2 aliphatic rings. The Balaban J connectivity index is 1.67. The first-order valence-corrected chi connectivity index (χ1v) is 10.7. The maximum atomic E-state index is 13.3. The van der Waals surface area contributed by atoms with Crippen LogP contribution in [0.3, 0.4) is 0 Å². The van der Waals surface area contributed by atoms with Gasteiger partial charge in [-0.05, 0) is 31.4 Å². The van der Waals surface area contributed by atoms with Crippen LogP contribution in [0.4, 0.5) is 0 Å². The molecule has 0 saturated carbocycles. The molecule has 1 heterocycles. The molecule has 4 rings (SSSR count). The normalized spacial score (nSPS) is 18.4. The Morgan fingerprint density at radius 1 is 1.06 bits per heavy atom. The summed E-state index contributed by atoms with van der Waals surface area (Å²) in [7, 11) is 1.60. The quantitative estimate of drug-likeness (QED) is 0.704. The molecule has 0 fully saturated rings. The smallest absolute Gasteiger partial charge is 0.336 e. The summed E-state index contributed by atoms with van der Waals surface area (Å²) in [5.74, 6) is -0.167. The first-order valence-electron chi connectivity index (χ1n) is 10.7. The number of hydrogen-bond donors (Lipinski definition) is 1. The van der Waals surface area contributed by atoms with Crippen molar-refractivity contribution in [1.29, 1.82) is 0 Å². The molecular formula is C26H27NO4. The van der Waals surface area contributed by atoms with Gasteiger partial charge in [0.15, 0.2) is 5.78 Å². The third kappa shape index (κ3) is 4.26. The van der Waals surface area contributed by atoms with Gasteiger partial charge >= 0.3 is 5.97 Å². The van der Waals surface area contributed by atoms with Gasteiger partial charge in [-0.15, -0.1) is 0 Å². The number of Topliss-reactive ketones (excluding diaryl/α,β-unsaturated/α-hetero) is 1. The highest BCUT2D eigenvalue weighted by atomic mass is 16.5. The molecule has 0 saturated heterocycles. The SMILES string of the molecule is COc1ccccc1[C@H]1C(C(=O)OCCc2ccccc2)=C(C)NC2=C1C(=O)CCC2. The van der Waals surface area contributed by atoms with Gasteiger partial charge in [0.2, 0.25) is 0 Å². The molecule has 160 valence electrons. The molecule has 1 aliphatic carbocycles. The number of para-hydroxylation sites is 1. The fourth-order valence-corrected chi connectivity index (χ4v) is 4.45. The lowest BCUT2D eigenvalue weighted by atomic mass is 9.75. The summed E-state index contributed by atoms with van der Waals surface area (Å²) < 4.78 is 11.3. The van der Waals surface area contributed by atoms with Crippen molar-refractivity contribution in [2.75, 3.05) is 13.7 Å². The minimum atomic E-state index is -0.496. The number of ketones is 1. The van der Waals surface area contributed by atoms with E-state index in [1.165, 1.54) is 0 Å². The third-order valence-electron chi connectivity index (χ3n) is 5.91. The molecule has 1 atom stereocenters. The van der Waals surface area contributed by atoms with Crippen molar-refractivity contribution < 1.29 is 19.1 Å². The number of carbonyl (C=O) groups is 2. The van der Waals surface area contributed by atoms with Gasteiger partial charge in [-0.25, -0.2) is 4.79 Å². The number of allylic oxidation sites excluding steroid dienone is 3. The minimum absolute atomic E-state index is 0.0757. The predicted molar refractivity (Wildman–Crippen MR) is 119 cm³/mol. The summed E-state index contributed by atoms with van der Waals surface area (Å²) in [6.07, 6.45) is 2.73. The molecule has 0 aromatic heterocycles. The summed E-state index contributed by atoms with van der Waals surface area (Å²) in [5, 5.41) is 3.32. The van der Waals surface area contributed by atoms with E-state index in [0.717, 1.165) is 35.4 Å². The number of dihydropyridines is 1. The van der Waals surface area contributed by atoms with Crippen molar-refractivity contribution in [3.63, 3.8) is 0 Å². The molecule has 1 N–H and O–H groups in total.